The van der Waals surface area contributed by atoms with Gasteiger partial charge in [0.25, 0.3) is 5.92 Å². The Morgan fingerprint density at radius 1 is 0.560 bits per heavy atom. The maximum Gasteiger partial charge on any atom is 0.410 e. The van der Waals surface area contributed by atoms with E-state index in [1.165, 1.54) is 31.1 Å². The van der Waals surface area contributed by atoms with Crippen molar-refractivity contribution in [2.45, 2.75) is 113 Å². The third-order valence-electron chi connectivity index (χ3n) is 12.2. The molecule has 4 saturated heterocycles. The molecule has 75 heavy (non-hydrogen) atoms. The number of nitrogens with zero attached hydrogens (tertiary/aromatic N) is 3. The molecule has 3 N–H and O–H groups in total. The van der Waals surface area contributed by atoms with Crippen molar-refractivity contribution in [1.82, 2.24) is 20.0 Å². The molecule has 0 spiro atoms. The average molecular weight is 1060 g/mol. The number of amides is 3. The number of carbonyl (C=O) groups excluding carboxylic acids is 8. The molecule has 6 unspecified atom stereocenters. The van der Waals surface area contributed by atoms with E-state index in [1.54, 1.807) is 24.3 Å². The predicted octanol–water partition coefficient (Wildman–Crippen LogP) is 4.72. The second kappa shape index (κ2) is 30.8. The van der Waals surface area contributed by atoms with Crippen LogP contribution in [0.3, 0.4) is 0 Å². The number of Topliss-reactive ketones (excluding diaryl/α,β-unsaturated/α-hetero) is 1. The molecule has 3 aromatic carbocycles. The molecular weight excluding hydrogens is 991 g/mol. The molecule has 21 nitrogen and oxygen atoms in total. The van der Waals surface area contributed by atoms with Gasteiger partial charge in [-0.2, -0.15) is 0 Å². The number of esters is 4. The summed E-state index contributed by atoms with van der Waals surface area (Å²) in [5.74, 6) is -5.34. The highest BCUT2D eigenvalue weighted by atomic mass is 19.3. The lowest BCUT2D eigenvalue weighted by Crippen LogP contribution is -2.53. The van der Waals surface area contributed by atoms with Gasteiger partial charge in [0, 0.05) is 51.7 Å². The van der Waals surface area contributed by atoms with E-state index in [4.69, 9.17) is 14.2 Å². The lowest BCUT2D eigenvalue weighted by atomic mass is 9.99. The molecular formula is C52H66F2N4O17. The lowest BCUT2D eigenvalue weighted by Gasteiger charge is -2.36. The van der Waals surface area contributed by atoms with Gasteiger partial charge in [-0.3, -0.25) is 24.3 Å². The van der Waals surface area contributed by atoms with Gasteiger partial charge < -0.3 is 48.7 Å². The zero-order valence-corrected chi connectivity index (χ0v) is 42.3. The van der Waals surface area contributed by atoms with Gasteiger partial charge >= 0.3 is 42.2 Å². The van der Waals surface area contributed by atoms with Crippen LogP contribution in [0.25, 0.3) is 0 Å². The quantitative estimate of drug-likeness (QED) is 0.183. The molecule has 0 bridgehead atoms. The van der Waals surface area contributed by atoms with Crippen molar-refractivity contribution in [2.24, 2.45) is 0 Å². The number of ketones is 1. The van der Waals surface area contributed by atoms with Crippen LogP contribution in [0, 0.1) is 0 Å². The number of rotatable bonds is 10. The Bertz CT molecular complexity index is 2320. The predicted molar refractivity (Wildman–Crippen MR) is 260 cm³/mol. The molecule has 3 amide bonds. The van der Waals surface area contributed by atoms with Crippen molar-refractivity contribution in [2.75, 3.05) is 54.6 Å². The maximum absolute atomic E-state index is 13.5. The van der Waals surface area contributed by atoms with Gasteiger partial charge in [-0.1, -0.05) is 91.0 Å². The fraction of sp³-hybridized carbons (Fsp3) is 0.500. The highest BCUT2D eigenvalue weighted by Crippen LogP contribution is 2.33. The molecule has 4 aliphatic rings. The van der Waals surface area contributed by atoms with Crippen LogP contribution in [0.15, 0.2) is 91.0 Å². The van der Waals surface area contributed by atoms with Crippen LogP contribution >= 0.6 is 0 Å². The molecule has 0 saturated carbocycles. The minimum atomic E-state index is -2.99. The Morgan fingerprint density at radius 3 is 1.43 bits per heavy atom. The van der Waals surface area contributed by atoms with Crippen LogP contribution in [0.5, 0.6) is 0 Å². The highest BCUT2D eigenvalue weighted by molar-refractivity contribution is 5.91. The standard InChI is InChI=1S/C15H17F2NO4.C15H19NO5.C15H17NO5.C7H13NO3/c1-21-13(19)12-9-15(16,17)7-8-18(12)14(20)22-10-11-5-3-2-4-6-11;2*1-20-14(18)13-9-12(17)7-8-16(13)15(19)21-10-11-5-3-2-4-6-11;1-11-7(10)6-4-5(9)2-3-8-6/h2-6,12H,7-10H2,1H3;2-6,12-13,17H,7-10H2,1H3;2-6,13H,7-10H2,1H3;5-6,8-9H,2-4H2,1H3. The number of methoxy groups -OCH3 is 4. The van der Waals surface area contributed by atoms with Crippen molar-refractivity contribution < 1.29 is 90.5 Å². The molecule has 23 heteroatoms. The second-order valence-corrected chi connectivity index (χ2v) is 17.5. The van der Waals surface area contributed by atoms with Gasteiger partial charge in [-0.25, -0.2) is 37.5 Å². The van der Waals surface area contributed by atoms with Gasteiger partial charge in [-0.15, -0.1) is 0 Å². The minimum absolute atomic E-state index is 0.0143. The van der Waals surface area contributed by atoms with Gasteiger partial charge in [0.05, 0.1) is 40.6 Å². The fourth-order valence-electron chi connectivity index (χ4n) is 8.04. The van der Waals surface area contributed by atoms with Gasteiger partial charge in [0.1, 0.15) is 49.8 Å². The Morgan fingerprint density at radius 2 is 0.973 bits per heavy atom. The summed E-state index contributed by atoms with van der Waals surface area (Å²) in [7, 11) is 4.94. The summed E-state index contributed by atoms with van der Waals surface area (Å²) in [6.07, 6.45) is -2.20. The van der Waals surface area contributed by atoms with Gasteiger partial charge in [0.2, 0.25) is 0 Å². The summed E-state index contributed by atoms with van der Waals surface area (Å²) >= 11 is 0. The molecule has 7 rings (SSSR count). The summed E-state index contributed by atoms with van der Waals surface area (Å²) in [5, 5.41) is 21.8. The number of likely N-dealkylation sites (tertiary alicyclic amines) is 3. The van der Waals surface area contributed by atoms with E-state index in [1.807, 2.05) is 66.7 Å². The zero-order valence-electron chi connectivity index (χ0n) is 42.3. The number of nitrogens with one attached hydrogen (secondary N) is 1. The summed E-state index contributed by atoms with van der Waals surface area (Å²) in [4.78, 5) is 97.3. The lowest BCUT2D eigenvalue weighted by molar-refractivity contribution is -0.155. The Labute approximate surface area is 433 Å². The van der Waals surface area contributed by atoms with E-state index >= 15 is 0 Å². The molecule has 4 fully saturated rings. The first-order chi connectivity index (χ1) is 35.9. The monoisotopic (exact) mass is 1060 g/mol. The van der Waals surface area contributed by atoms with Crippen molar-refractivity contribution >= 4 is 47.9 Å². The SMILES string of the molecule is COC(=O)C1CC(=O)CCN1C(=O)OCc1ccccc1.COC(=O)C1CC(F)(F)CCN1C(=O)OCc1ccccc1.COC(=O)C1CC(O)CCN1.COC(=O)C1CC(O)CCN1C(=O)OCc1ccccc1. The van der Waals surface area contributed by atoms with Crippen LogP contribution in [0.2, 0.25) is 0 Å². The first-order valence-electron chi connectivity index (χ1n) is 24.1. The highest BCUT2D eigenvalue weighted by Gasteiger charge is 2.46. The van der Waals surface area contributed by atoms with Gasteiger partial charge in [-0.05, 0) is 42.5 Å². The Hall–Kier alpha value is -7.24. The van der Waals surface area contributed by atoms with Crippen LogP contribution in [-0.4, -0.2) is 170 Å². The molecule has 0 radical (unpaired) electrons. The largest absolute Gasteiger partial charge is 0.468 e. The first-order valence-corrected chi connectivity index (χ1v) is 24.1. The van der Waals surface area contributed by atoms with E-state index in [0.717, 1.165) is 28.7 Å². The number of ether oxygens (including phenoxy) is 7. The number of aliphatic hydroxyl groups excluding tert-OH is 2. The summed E-state index contributed by atoms with van der Waals surface area (Å²) < 4.78 is 60.8. The van der Waals surface area contributed by atoms with Crippen LogP contribution in [0.4, 0.5) is 23.2 Å². The van der Waals surface area contributed by atoms with Crippen LogP contribution in [0.1, 0.15) is 68.1 Å². The van der Waals surface area contributed by atoms with E-state index in [2.05, 4.69) is 24.3 Å². The molecule has 410 valence electrons. The van der Waals surface area contributed by atoms with Crippen LogP contribution in [-0.2, 0) is 77.0 Å². The van der Waals surface area contributed by atoms with Crippen LogP contribution < -0.4 is 5.32 Å². The molecule has 6 atom stereocenters. The van der Waals surface area contributed by atoms with E-state index in [0.29, 0.717) is 25.8 Å². The summed E-state index contributed by atoms with van der Waals surface area (Å²) in [6, 6.07) is 24.2. The van der Waals surface area contributed by atoms with E-state index < -0.39 is 79.2 Å². The van der Waals surface area contributed by atoms with Crippen molar-refractivity contribution in [3.63, 3.8) is 0 Å². The Kier molecular flexibility index (Phi) is 24.8. The topological polar surface area (TPSA) is 263 Å². The van der Waals surface area contributed by atoms with Crippen molar-refractivity contribution in [3.8, 4) is 0 Å². The molecule has 4 heterocycles. The van der Waals surface area contributed by atoms with E-state index in [-0.39, 0.29) is 82.6 Å². The zero-order chi connectivity index (χ0) is 54.9. The number of piperidine rings is 4. The third kappa shape index (κ3) is 19.9. The maximum atomic E-state index is 13.5. The second-order valence-electron chi connectivity index (χ2n) is 17.5. The fourth-order valence-corrected chi connectivity index (χ4v) is 8.04. The molecule has 4 aliphatic heterocycles. The number of hydrogen-bond acceptors (Lipinski definition) is 18. The molecule has 3 aromatic rings. The summed E-state index contributed by atoms with van der Waals surface area (Å²) in [5.41, 5.74) is 2.50. The smallest absolute Gasteiger partial charge is 0.410 e. The average Bonchev–Trinajstić information content (AvgIpc) is 3.43. The molecule has 0 aliphatic carbocycles. The van der Waals surface area contributed by atoms with E-state index in [9.17, 15) is 57.4 Å². The third-order valence-corrected chi connectivity index (χ3v) is 12.2. The number of carbonyl (C=O) groups is 8. The normalized spacial score (nSPS) is 21.8. The number of benzene rings is 3. The molecule has 0 aromatic heterocycles. The number of aliphatic hydroxyl groups is 2. The summed E-state index contributed by atoms with van der Waals surface area (Å²) in [6.45, 7) is 1.16. The van der Waals surface area contributed by atoms with Crippen molar-refractivity contribution in [1.29, 1.82) is 0 Å². The number of halogens is 2. The number of hydrogen-bond donors (Lipinski definition) is 3. The minimum Gasteiger partial charge on any atom is -0.468 e. The van der Waals surface area contributed by atoms with Gasteiger partial charge in [0.15, 0.2) is 0 Å². The number of alkyl halides is 2. The Balaban J connectivity index is 0.000000222. The van der Waals surface area contributed by atoms with Crippen molar-refractivity contribution in [3.05, 3.63) is 108 Å². The first kappa shape index (κ1) is 60.3.